The summed E-state index contributed by atoms with van der Waals surface area (Å²) in [4.78, 5) is 14.6. The number of hydrogen-bond donors (Lipinski definition) is 1. The van der Waals surface area contributed by atoms with Crippen molar-refractivity contribution >= 4 is 22.8 Å². The largest absolute Gasteiger partial charge is 0.454 e. The fourth-order valence-electron chi connectivity index (χ4n) is 5.05. The molecule has 0 radical (unpaired) electrons. The molecule has 0 fully saturated rings. The van der Waals surface area contributed by atoms with Crippen LogP contribution in [0.25, 0.3) is 11.1 Å². The van der Waals surface area contributed by atoms with Crippen molar-refractivity contribution in [2.75, 3.05) is 12.1 Å². The maximum absolute atomic E-state index is 13.4. The van der Waals surface area contributed by atoms with Crippen molar-refractivity contribution in [2.24, 2.45) is 5.41 Å². The Kier molecular flexibility index (Phi) is 4.06. The smallest absolute Gasteiger partial charge is 0.231 e. The van der Waals surface area contributed by atoms with Gasteiger partial charge in [0.15, 0.2) is 17.3 Å². The molecule has 0 saturated carbocycles. The number of carbonyl (C=O) groups excluding carboxylic acids is 1. The highest BCUT2D eigenvalue weighted by atomic mass is 32.1. The molecule has 1 aromatic heterocycles. The normalized spacial score (nSPS) is 20.8. The monoisotopic (exact) mass is 429 g/mol. The molecule has 156 valence electrons. The Morgan fingerprint density at radius 2 is 1.87 bits per heavy atom. The van der Waals surface area contributed by atoms with Crippen LogP contribution in [0.1, 0.15) is 43.0 Å². The summed E-state index contributed by atoms with van der Waals surface area (Å²) in [7, 11) is 0. The number of rotatable bonds is 2. The van der Waals surface area contributed by atoms with Gasteiger partial charge in [-0.05, 0) is 46.5 Å². The van der Waals surface area contributed by atoms with Crippen molar-refractivity contribution in [1.29, 1.82) is 0 Å². The molecule has 3 heterocycles. The zero-order valence-corrected chi connectivity index (χ0v) is 18.3. The first-order valence-corrected chi connectivity index (χ1v) is 11.5. The van der Waals surface area contributed by atoms with Crippen LogP contribution in [0.15, 0.2) is 65.2 Å². The second kappa shape index (κ2) is 6.72. The standard InChI is InChI=1S/C26H23NO3S/c1-26(2)11-18-22(19(28)12-26)24(21-10-16(13-31-21)15-6-4-3-5-7-15)23-17(27-18)8-9-20-25(23)30-14-29-20/h3-10,13,24,27H,11-12,14H2,1-2H3. The van der Waals surface area contributed by atoms with Crippen molar-refractivity contribution in [3.8, 4) is 22.6 Å². The van der Waals surface area contributed by atoms with Gasteiger partial charge < -0.3 is 14.8 Å². The Hall–Kier alpha value is -3.05. The van der Waals surface area contributed by atoms with E-state index in [1.807, 2.05) is 12.1 Å². The fourth-order valence-corrected chi connectivity index (χ4v) is 6.08. The SMILES string of the molecule is CC1(C)CC(=O)C2=C(C1)Nc1ccc3c(c1C2c1cc(-c2ccccc2)cs1)OCO3. The van der Waals surface area contributed by atoms with Crippen molar-refractivity contribution in [2.45, 2.75) is 32.6 Å². The molecule has 2 aliphatic heterocycles. The molecule has 0 bridgehead atoms. The second-order valence-corrected chi connectivity index (χ2v) is 10.2. The lowest BCUT2D eigenvalue weighted by molar-refractivity contribution is -0.118. The van der Waals surface area contributed by atoms with Gasteiger partial charge in [0.2, 0.25) is 6.79 Å². The van der Waals surface area contributed by atoms with Crippen LogP contribution in [-0.2, 0) is 4.79 Å². The van der Waals surface area contributed by atoms with E-state index in [-0.39, 0.29) is 23.9 Å². The lowest BCUT2D eigenvalue weighted by Crippen LogP contribution is -2.33. The summed E-state index contributed by atoms with van der Waals surface area (Å²) in [5.74, 6) is 1.58. The Bertz CT molecular complexity index is 1240. The number of Topliss-reactive ketones (excluding diaryl/α,β-unsaturated/α-hetero) is 1. The predicted molar refractivity (Wildman–Crippen MR) is 123 cm³/mol. The first kappa shape index (κ1) is 18.7. The average molecular weight is 430 g/mol. The van der Waals surface area contributed by atoms with Gasteiger partial charge in [0, 0.05) is 33.8 Å². The Morgan fingerprint density at radius 3 is 2.71 bits per heavy atom. The number of fused-ring (bicyclic) bond motifs is 3. The number of benzene rings is 2. The van der Waals surface area contributed by atoms with E-state index in [0.717, 1.165) is 45.3 Å². The van der Waals surface area contributed by atoms with Crippen molar-refractivity contribution in [3.63, 3.8) is 0 Å². The van der Waals surface area contributed by atoms with E-state index in [0.29, 0.717) is 6.42 Å². The molecule has 6 rings (SSSR count). The summed E-state index contributed by atoms with van der Waals surface area (Å²) in [6.07, 6.45) is 1.41. The highest BCUT2D eigenvalue weighted by Crippen LogP contribution is 2.55. The van der Waals surface area contributed by atoms with Crippen molar-refractivity contribution in [3.05, 3.63) is 75.6 Å². The van der Waals surface area contributed by atoms with E-state index < -0.39 is 0 Å². The van der Waals surface area contributed by atoms with Gasteiger partial charge >= 0.3 is 0 Å². The van der Waals surface area contributed by atoms with Gasteiger partial charge in [-0.2, -0.15) is 0 Å². The molecular formula is C26H23NO3S. The molecule has 3 aliphatic rings. The van der Waals surface area contributed by atoms with E-state index in [1.54, 1.807) is 11.3 Å². The minimum absolute atomic E-state index is 0.0496. The summed E-state index contributed by atoms with van der Waals surface area (Å²) < 4.78 is 11.6. The molecule has 0 spiro atoms. The number of hydrogen-bond acceptors (Lipinski definition) is 5. The van der Waals surface area contributed by atoms with Crippen LogP contribution in [0.5, 0.6) is 11.5 Å². The van der Waals surface area contributed by atoms with Crippen LogP contribution >= 0.6 is 11.3 Å². The minimum atomic E-state index is -0.144. The first-order valence-electron chi connectivity index (χ1n) is 10.6. The van der Waals surface area contributed by atoms with Crippen LogP contribution in [-0.4, -0.2) is 12.6 Å². The van der Waals surface area contributed by atoms with Gasteiger partial charge in [0.1, 0.15) is 0 Å². The summed E-state index contributed by atoms with van der Waals surface area (Å²) >= 11 is 1.71. The molecule has 1 N–H and O–H groups in total. The third kappa shape index (κ3) is 2.99. The zero-order valence-electron chi connectivity index (χ0n) is 17.5. The van der Waals surface area contributed by atoms with Gasteiger partial charge in [-0.1, -0.05) is 44.2 Å². The summed E-state index contributed by atoms with van der Waals surface area (Å²) in [6, 6.07) is 16.6. The third-order valence-corrected chi connectivity index (χ3v) is 7.37. The van der Waals surface area contributed by atoms with E-state index in [9.17, 15) is 4.79 Å². The number of ketones is 1. The molecule has 1 aliphatic carbocycles. The van der Waals surface area contributed by atoms with Gasteiger partial charge in [-0.25, -0.2) is 0 Å². The Labute approximate surface area is 185 Å². The molecule has 1 atom stereocenters. The first-order chi connectivity index (χ1) is 15.0. The minimum Gasteiger partial charge on any atom is -0.454 e. The van der Waals surface area contributed by atoms with E-state index in [4.69, 9.17) is 9.47 Å². The molecule has 0 amide bonds. The highest BCUT2D eigenvalue weighted by Gasteiger charge is 2.43. The molecule has 5 heteroatoms. The molecule has 4 nitrogen and oxygen atoms in total. The molecule has 0 saturated heterocycles. The lowest BCUT2D eigenvalue weighted by atomic mass is 9.69. The van der Waals surface area contributed by atoms with Crippen molar-refractivity contribution < 1.29 is 14.3 Å². The number of nitrogens with one attached hydrogen (secondary N) is 1. The maximum Gasteiger partial charge on any atom is 0.231 e. The van der Waals surface area contributed by atoms with Crippen LogP contribution in [0.3, 0.4) is 0 Å². The number of carbonyl (C=O) groups is 1. The predicted octanol–water partition coefficient (Wildman–Crippen LogP) is 6.34. The zero-order chi connectivity index (χ0) is 21.2. The summed E-state index contributed by atoms with van der Waals surface area (Å²) in [5, 5.41) is 5.77. The summed E-state index contributed by atoms with van der Waals surface area (Å²) in [5.41, 5.74) is 6.27. The second-order valence-electron chi connectivity index (χ2n) is 9.26. The Morgan fingerprint density at radius 1 is 1.03 bits per heavy atom. The van der Waals surface area contributed by atoms with Gasteiger partial charge in [-0.15, -0.1) is 11.3 Å². The highest BCUT2D eigenvalue weighted by molar-refractivity contribution is 7.10. The maximum atomic E-state index is 13.4. The van der Waals surface area contributed by atoms with E-state index >= 15 is 0 Å². The van der Waals surface area contributed by atoms with Crippen LogP contribution < -0.4 is 14.8 Å². The molecule has 31 heavy (non-hydrogen) atoms. The van der Waals surface area contributed by atoms with Gasteiger partial charge in [0.05, 0.1) is 5.92 Å². The molecule has 3 aromatic rings. The quantitative estimate of drug-likeness (QED) is 0.516. The lowest BCUT2D eigenvalue weighted by Gasteiger charge is -2.39. The number of ether oxygens (including phenoxy) is 2. The summed E-state index contributed by atoms with van der Waals surface area (Å²) in [6.45, 7) is 4.55. The van der Waals surface area contributed by atoms with E-state index in [2.05, 4.69) is 60.9 Å². The van der Waals surface area contributed by atoms with Crippen LogP contribution in [0.4, 0.5) is 5.69 Å². The van der Waals surface area contributed by atoms with Gasteiger partial charge in [-0.3, -0.25) is 4.79 Å². The fraction of sp³-hybridized carbons (Fsp3) is 0.269. The van der Waals surface area contributed by atoms with Crippen LogP contribution in [0, 0.1) is 5.41 Å². The topological polar surface area (TPSA) is 47.6 Å². The number of allylic oxidation sites excluding steroid dienone is 2. The molecule has 1 unspecified atom stereocenters. The van der Waals surface area contributed by atoms with Crippen LogP contribution in [0.2, 0.25) is 0 Å². The van der Waals surface area contributed by atoms with Gasteiger partial charge in [0.25, 0.3) is 0 Å². The molecule has 2 aromatic carbocycles. The third-order valence-electron chi connectivity index (χ3n) is 6.37. The van der Waals surface area contributed by atoms with E-state index in [1.165, 1.54) is 11.1 Å². The van der Waals surface area contributed by atoms with Crippen molar-refractivity contribution in [1.82, 2.24) is 0 Å². The Balaban J connectivity index is 1.55. The number of anilines is 1. The average Bonchev–Trinajstić information content (AvgIpc) is 3.41. The molecular weight excluding hydrogens is 406 g/mol. The number of thiophene rings is 1.